The van der Waals surface area contributed by atoms with Crippen LogP contribution in [0.25, 0.3) is 0 Å². The van der Waals surface area contributed by atoms with Crippen LogP contribution in [0.2, 0.25) is 0 Å². The molecule has 0 amide bonds. The van der Waals surface area contributed by atoms with E-state index in [-0.39, 0.29) is 18.1 Å². The highest BCUT2D eigenvalue weighted by atomic mass is 19.4. The molecule has 21 heavy (non-hydrogen) atoms. The van der Waals surface area contributed by atoms with Crippen LogP contribution >= 0.6 is 0 Å². The molecular formula is C15H18F3NO2. The Morgan fingerprint density at radius 2 is 1.57 bits per heavy atom. The summed E-state index contributed by atoms with van der Waals surface area (Å²) in [5, 5.41) is 0. The minimum Gasteiger partial charge on any atom is -0.489 e. The standard InChI is InChI=1S/C15H18F3NO2/c16-15(17,18)11-5-4-10(14(19)6-1-2-7-14)12-13(11)21-9-3-8-20-12/h4-5H,1-3,6-9,19H2. The van der Waals surface area contributed by atoms with Gasteiger partial charge < -0.3 is 15.2 Å². The molecule has 1 saturated carbocycles. The van der Waals surface area contributed by atoms with Crippen molar-refractivity contribution in [2.24, 2.45) is 5.73 Å². The molecular weight excluding hydrogens is 283 g/mol. The van der Waals surface area contributed by atoms with Crippen molar-refractivity contribution >= 4 is 0 Å². The highest BCUT2D eigenvalue weighted by molar-refractivity contribution is 5.56. The molecule has 1 heterocycles. The van der Waals surface area contributed by atoms with Gasteiger partial charge in [-0.25, -0.2) is 0 Å². The zero-order valence-electron chi connectivity index (χ0n) is 11.6. The van der Waals surface area contributed by atoms with Crippen LogP contribution in [0.5, 0.6) is 11.5 Å². The van der Waals surface area contributed by atoms with Crippen molar-refractivity contribution in [3.63, 3.8) is 0 Å². The zero-order valence-corrected chi connectivity index (χ0v) is 11.6. The maximum Gasteiger partial charge on any atom is 0.420 e. The molecule has 0 atom stereocenters. The summed E-state index contributed by atoms with van der Waals surface area (Å²) in [6.45, 7) is 0.564. The molecule has 2 aliphatic rings. The fourth-order valence-corrected chi connectivity index (χ4v) is 3.15. The average Bonchev–Trinajstić information content (AvgIpc) is 2.72. The minimum absolute atomic E-state index is 0.187. The Morgan fingerprint density at radius 1 is 0.952 bits per heavy atom. The largest absolute Gasteiger partial charge is 0.489 e. The van der Waals surface area contributed by atoms with Gasteiger partial charge in [0.25, 0.3) is 0 Å². The van der Waals surface area contributed by atoms with Crippen molar-refractivity contribution < 1.29 is 22.6 Å². The molecule has 1 aliphatic carbocycles. The number of hydrogen-bond donors (Lipinski definition) is 1. The van der Waals surface area contributed by atoms with Crippen LogP contribution in [0.1, 0.15) is 43.2 Å². The normalized spacial score (nSPS) is 21.1. The topological polar surface area (TPSA) is 44.5 Å². The van der Waals surface area contributed by atoms with Crippen molar-refractivity contribution in [3.05, 3.63) is 23.3 Å². The molecule has 0 radical (unpaired) electrons. The third-order valence-corrected chi connectivity index (χ3v) is 4.23. The zero-order chi connectivity index (χ0) is 15.1. The van der Waals surface area contributed by atoms with Crippen molar-refractivity contribution in [2.45, 2.75) is 43.8 Å². The molecule has 0 bridgehead atoms. The van der Waals surface area contributed by atoms with Crippen molar-refractivity contribution in [1.82, 2.24) is 0 Å². The molecule has 116 valence electrons. The second kappa shape index (κ2) is 5.09. The van der Waals surface area contributed by atoms with Crippen LogP contribution < -0.4 is 15.2 Å². The lowest BCUT2D eigenvalue weighted by molar-refractivity contribution is -0.139. The lowest BCUT2D eigenvalue weighted by Gasteiger charge is -2.28. The molecule has 1 aromatic rings. The smallest absolute Gasteiger partial charge is 0.420 e. The number of rotatable bonds is 1. The van der Waals surface area contributed by atoms with E-state index in [0.29, 0.717) is 18.6 Å². The van der Waals surface area contributed by atoms with Gasteiger partial charge in [0.2, 0.25) is 0 Å². The number of benzene rings is 1. The van der Waals surface area contributed by atoms with Crippen molar-refractivity contribution in [1.29, 1.82) is 0 Å². The Labute approximate surface area is 121 Å². The van der Waals surface area contributed by atoms with E-state index in [0.717, 1.165) is 31.7 Å². The Hall–Kier alpha value is -1.43. The molecule has 1 fully saturated rings. The van der Waals surface area contributed by atoms with Crippen LogP contribution in [0.3, 0.4) is 0 Å². The minimum atomic E-state index is -4.46. The van der Waals surface area contributed by atoms with Gasteiger partial charge in [0.1, 0.15) is 5.56 Å². The summed E-state index contributed by atoms with van der Waals surface area (Å²) in [4.78, 5) is 0. The average molecular weight is 301 g/mol. The SMILES string of the molecule is NC1(c2ccc(C(F)(F)F)c3c2OCCCO3)CCCC1. The summed E-state index contributed by atoms with van der Waals surface area (Å²) in [5.74, 6) is -0.0130. The highest BCUT2D eigenvalue weighted by Crippen LogP contribution is 2.49. The molecule has 0 unspecified atom stereocenters. The Kier molecular flexibility index (Phi) is 3.51. The van der Waals surface area contributed by atoms with Gasteiger partial charge in [-0.3, -0.25) is 0 Å². The van der Waals surface area contributed by atoms with Crippen LogP contribution in [0.15, 0.2) is 12.1 Å². The molecule has 6 heteroatoms. The molecule has 1 aliphatic heterocycles. The van der Waals surface area contributed by atoms with Gasteiger partial charge in [0.15, 0.2) is 11.5 Å². The van der Waals surface area contributed by atoms with Gasteiger partial charge in [-0.05, 0) is 18.9 Å². The van der Waals surface area contributed by atoms with E-state index in [4.69, 9.17) is 15.2 Å². The number of nitrogens with two attached hydrogens (primary N) is 1. The number of alkyl halides is 3. The van der Waals surface area contributed by atoms with E-state index in [1.165, 1.54) is 6.07 Å². The second-order valence-electron chi connectivity index (χ2n) is 5.73. The van der Waals surface area contributed by atoms with E-state index in [1.807, 2.05) is 0 Å². The number of hydrogen-bond acceptors (Lipinski definition) is 3. The van der Waals surface area contributed by atoms with E-state index < -0.39 is 17.3 Å². The van der Waals surface area contributed by atoms with E-state index in [2.05, 4.69) is 0 Å². The first-order valence-electron chi connectivity index (χ1n) is 7.21. The summed E-state index contributed by atoms with van der Waals surface area (Å²) < 4.78 is 50.4. The summed E-state index contributed by atoms with van der Waals surface area (Å²) in [6.07, 6.45) is -0.431. The molecule has 0 spiro atoms. The quantitative estimate of drug-likeness (QED) is 0.862. The fraction of sp³-hybridized carbons (Fsp3) is 0.600. The van der Waals surface area contributed by atoms with Crippen LogP contribution in [0, 0.1) is 0 Å². The highest BCUT2D eigenvalue weighted by Gasteiger charge is 2.41. The molecule has 3 rings (SSSR count). The molecule has 1 aromatic carbocycles. The van der Waals surface area contributed by atoms with Crippen LogP contribution in [0.4, 0.5) is 13.2 Å². The predicted octanol–water partition coefficient (Wildman–Crippen LogP) is 3.59. The third kappa shape index (κ3) is 2.57. The van der Waals surface area contributed by atoms with E-state index >= 15 is 0 Å². The van der Waals surface area contributed by atoms with Crippen LogP contribution in [-0.2, 0) is 11.7 Å². The maximum atomic E-state index is 13.1. The first kappa shape index (κ1) is 14.5. The number of fused-ring (bicyclic) bond motifs is 1. The Bertz CT molecular complexity index is 536. The first-order valence-corrected chi connectivity index (χ1v) is 7.21. The van der Waals surface area contributed by atoms with Gasteiger partial charge in [-0.15, -0.1) is 0 Å². The van der Waals surface area contributed by atoms with Crippen LogP contribution in [-0.4, -0.2) is 13.2 Å². The summed E-state index contributed by atoms with van der Waals surface area (Å²) in [5.41, 5.74) is 5.64. The van der Waals surface area contributed by atoms with Gasteiger partial charge >= 0.3 is 6.18 Å². The fourth-order valence-electron chi connectivity index (χ4n) is 3.15. The molecule has 0 aromatic heterocycles. The van der Waals surface area contributed by atoms with Crippen molar-refractivity contribution in [3.8, 4) is 11.5 Å². The number of halogens is 3. The summed E-state index contributed by atoms with van der Waals surface area (Å²) in [6, 6.07) is 2.53. The molecule has 3 nitrogen and oxygen atoms in total. The first-order chi connectivity index (χ1) is 9.92. The third-order valence-electron chi connectivity index (χ3n) is 4.23. The Morgan fingerprint density at radius 3 is 2.19 bits per heavy atom. The van der Waals surface area contributed by atoms with Crippen molar-refractivity contribution in [2.75, 3.05) is 13.2 Å². The van der Waals surface area contributed by atoms with E-state index in [9.17, 15) is 13.2 Å². The van der Waals surface area contributed by atoms with Gasteiger partial charge in [-0.1, -0.05) is 18.9 Å². The Balaban J connectivity index is 2.15. The molecule has 2 N–H and O–H groups in total. The van der Waals surface area contributed by atoms with E-state index in [1.54, 1.807) is 0 Å². The predicted molar refractivity (Wildman–Crippen MR) is 71.4 cm³/mol. The maximum absolute atomic E-state index is 13.1. The monoisotopic (exact) mass is 301 g/mol. The van der Waals surface area contributed by atoms with Gasteiger partial charge in [0.05, 0.1) is 13.2 Å². The lowest BCUT2D eigenvalue weighted by Crippen LogP contribution is -2.33. The summed E-state index contributed by atoms with van der Waals surface area (Å²) >= 11 is 0. The lowest BCUT2D eigenvalue weighted by atomic mass is 9.87. The van der Waals surface area contributed by atoms with Gasteiger partial charge in [-0.2, -0.15) is 13.2 Å². The second-order valence-corrected chi connectivity index (χ2v) is 5.73. The van der Waals surface area contributed by atoms with Gasteiger partial charge in [0, 0.05) is 17.5 Å². The molecule has 0 saturated heterocycles. The number of ether oxygens (including phenoxy) is 2. The summed E-state index contributed by atoms with van der Waals surface area (Å²) in [7, 11) is 0.